The Hall–Kier alpha value is -4.24. The van der Waals surface area contributed by atoms with Crippen LogP contribution in [-0.4, -0.2) is 57.7 Å². The van der Waals surface area contributed by atoms with Crippen LogP contribution in [0.4, 0.5) is 26.7 Å². The summed E-state index contributed by atoms with van der Waals surface area (Å²) >= 11 is 0. The zero-order valence-electron chi connectivity index (χ0n) is 20.5. The lowest BCUT2D eigenvalue weighted by Crippen LogP contribution is -2.45. The molecular formula is C22H23F5N4O7. The molecule has 1 aromatic heterocycles. The Kier molecular flexibility index (Phi) is 9.37. The highest BCUT2D eigenvalue weighted by atomic mass is 19.2. The van der Waals surface area contributed by atoms with Crippen molar-refractivity contribution in [3.05, 3.63) is 61.7 Å². The summed E-state index contributed by atoms with van der Waals surface area (Å²) in [5.74, 6) is -16.4. The van der Waals surface area contributed by atoms with Crippen molar-refractivity contribution in [1.82, 2.24) is 19.8 Å². The maximum atomic E-state index is 13.9. The van der Waals surface area contributed by atoms with Gasteiger partial charge < -0.3 is 19.7 Å². The first-order chi connectivity index (χ1) is 17.5. The van der Waals surface area contributed by atoms with Crippen molar-refractivity contribution in [3.63, 3.8) is 0 Å². The summed E-state index contributed by atoms with van der Waals surface area (Å²) in [4.78, 5) is 63.2. The SMILES string of the molecule is Cc1cn(CC(=O)N(CCNC(=O)OC(C)(C)C)CC(=O)Oc2c(F)c(F)c(F)c(F)c2F)c(=O)[nH]c1=O. The van der Waals surface area contributed by atoms with Crippen LogP contribution in [0, 0.1) is 36.0 Å². The molecule has 0 unspecified atom stereocenters. The zero-order chi connectivity index (χ0) is 28.9. The van der Waals surface area contributed by atoms with Crippen molar-refractivity contribution < 1.29 is 45.8 Å². The number of ether oxygens (including phenoxy) is 2. The second-order valence-electron chi connectivity index (χ2n) is 8.82. The molecule has 0 saturated carbocycles. The van der Waals surface area contributed by atoms with E-state index < -0.39 is 89.3 Å². The number of benzene rings is 1. The monoisotopic (exact) mass is 550 g/mol. The van der Waals surface area contributed by atoms with Gasteiger partial charge in [0.1, 0.15) is 18.7 Å². The third-order valence-electron chi connectivity index (χ3n) is 4.60. The van der Waals surface area contributed by atoms with E-state index in [2.05, 4.69) is 10.1 Å². The molecule has 11 nitrogen and oxygen atoms in total. The number of alkyl carbamates (subject to hydrolysis) is 1. The van der Waals surface area contributed by atoms with Crippen molar-refractivity contribution in [1.29, 1.82) is 0 Å². The molecule has 2 rings (SSSR count). The number of carbonyl (C=O) groups excluding carboxylic acids is 3. The molecule has 0 bridgehead atoms. The molecule has 1 heterocycles. The number of hydrogen-bond donors (Lipinski definition) is 2. The lowest BCUT2D eigenvalue weighted by molar-refractivity contribution is -0.143. The molecule has 0 atom stereocenters. The number of carbonyl (C=O) groups is 3. The molecule has 208 valence electrons. The van der Waals surface area contributed by atoms with Crippen molar-refractivity contribution in [2.24, 2.45) is 0 Å². The van der Waals surface area contributed by atoms with E-state index in [4.69, 9.17) is 4.74 Å². The van der Waals surface area contributed by atoms with Gasteiger partial charge in [-0.15, -0.1) is 0 Å². The maximum Gasteiger partial charge on any atom is 0.407 e. The second-order valence-corrected chi connectivity index (χ2v) is 8.82. The fourth-order valence-electron chi connectivity index (χ4n) is 2.86. The summed E-state index contributed by atoms with van der Waals surface area (Å²) in [5.41, 5.74) is -2.46. The van der Waals surface area contributed by atoms with Gasteiger partial charge in [-0.05, 0) is 27.7 Å². The summed E-state index contributed by atoms with van der Waals surface area (Å²) in [6.45, 7) is 3.51. The van der Waals surface area contributed by atoms with E-state index in [9.17, 15) is 45.9 Å². The van der Waals surface area contributed by atoms with Crippen LogP contribution in [0.1, 0.15) is 26.3 Å². The van der Waals surface area contributed by atoms with Gasteiger partial charge in [-0.25, -0.2) is 27.6 Å². The molecule has 0 spiro atoms. The van der Waals surface area contributed by atoms with Gasteiger partial charge in [0.05, 0.1) is 0 Å². The molecule has 0 aliphatic carbocycles. The van der Waals surface area contributed by atoms with Crippen molar-refractivity contribution in [3.8, 4) is 5.75 Å². The Morgan fingerprint density at radius 3 is 2.11 bits per heavy atom. The smallest absolute Gasteiger partial charge is 0.407 e. The Bertz CT molecular complexity index is 1340. The minimum Gasteiger partial charge on any atom is -0.444 e. The van der Waals surface area contributed by atoms with E-state index in [0.717, 1.165) is 10.8 Å². The average molecular weight is 550 g/mol. The van der Waals surface area contributed by atoms with E-state index in [1.54, 1.807) is 20.8 Å². The van der Waals surface area contributed by atoms with E-state index in [1.165, 1.54) is 6.92 Å². The predicted octanol–water partition coefficient (Wildman–Crippen LogP) is 1.50. The molecule has 16 heteroatoms. The molecule has 0 radical (unpaired) electrons. The minimum absolute atomic E-state index is 0.0706. The highest BCUT2D eigenvalue weighted by Crippen LogP contribution is 2.29. The topological polar surface area (TPSA) is 140 Å². The number of aryl methyl sites for hydroxylation is 1. The molecular weight excluding hydrogens is 527 g/mol. The van der Waals surface area contributed by atoms with Crippen LogP contribution in [0.5, 0.6) is 5.75 Å². The number of aromatic amines is 1. The van der Waals surface area contributed by atoms with Crippen LogP contribution in [0.3, 0.4) is 0 Å². The predicted molar refractivity (Wildman–Crippen MR) is 119 cm³/mol. The van der Waals surface area contributed by atoms with Gasteiger partial charge in [-0.3, -0.25) is 19.1 Å². The van der Waals surface area contributed by atoms with E-state index in [-0.39, 0.29) is 12.1 Å². The molecule has 0 saturated heterocycles. The lowest BCUT2D eigenvalue weighted by Gasteiger charge is -2.24. The maximum absolute atomic E-state index is 13.9. The summed E-state index contributed by atoms with van der Waals surface area (Å²) in [7, 11) is 0. The zero-order valence-corrected chi connectivity index (χ0v) is 20.5. The number of halogens is 5. The molecule has 2 N–H and O–H groups in total. The van der Waals surface area contributed by atoms with Gasteiger partial charge in [0.15, 0.2) is 0 Å². The lowest BCUT2D eigenvalue weighted by atomic mass is 10.2. The molecule has 2 amide bonds. The normalized spacial score (nSPS) is 11.2. The van der Waals surface area contributed by atoms with Gasteiger partial charge in [0, 0.05) is 24.8 Å². The number of hydrogen-bond acceptors (Lipinski definition) is 7. The molecule has 0 aliphatic heterocycles. The first-order valence-electron chi connectivity index (χ1n) is 10.8. The summed E-state index contributed by atoms with van der Waals surface area (Å²) in [5, 5.41) is 2.29. The Morgan fingerprint density at radius 1 is 1.00 bits per heavy atom. The molecule has 2 aromatic rings. The Morgan fingerprint density at radius 2 is 1.55 bits per heavy atom. The first-order valence-corrected chi connectivity index (χ1v) is 10.8. The van der Waals surface area contributed by atoms with Crippen molar-refractivity contribution in [2.75, 3.05) is 19.6 Å². The number of aromatic nitrogens is 2. The van der Waals surface area contributed by atoms with Crippen LogP contribution in [0.2, 0.25) is 0 Å². The number of H-pyrrole nitrogens is 1. The highest BCUT2D eigenvalue weighted by molar-refractivity contribution is 5.83. The van der Waals surface area contributed by atoms with Crippen LogP contribution in [0.15, 0.2) is 15.8 Å². The van der Waals surface area contributed by atoms with Crippen molar-refractivity contribution >= 4 is 18.0 Å². The van der Waals surface area contributed by atoms with E-state index in [0.29, 0.717) is 4.90 Å². The second kappa shape index (κ2) is 11.9. The fraction of sp³-hybridized carbons (Fsp3) is 0.409. The molecule has 0 aliphatic rings. The quantitative estimate of drug-likeness (QED) is 0.167. The molecule has 38 heavy (non-hydrogen) atoms. The Labute approximate surface area is 211 Å². The number of rotatable bonds is 8. The number of nitrogens with zero attached hydrogens (tertiary/aromatic N) is 2. The van der Waals surface area contributed by atoms with Gasteiger partial charge in [0.25, 0.3) is 5.56 Å². The standard InChI is InChI=1S/C22H23F5N4O7/c1-10-7-31(20(35)29-19(10)34)8-11(32)30(6-5-28-21(36)38-22(2,3)4)9-12(33)37-18-16(26)14(24)13(23)15(25)17(18)27/h7H,5-6,8-9H2,1-4H3,(H,28,36)(H,29,34,35). The van der Waals surface area contributed by atoms with E-state index >= 15 is 0 Å². The Balaban J connectivity index is 2.25. The number of amides is 2. The van der Waals surface area contributed by atoms with Crippen LogP contribution in [0.25, 0.3) is 0 Å². The summed E-state index contributed by atoms with van der Waals surface area (Å²) in [6, 6.07) is 0. The average Bonchev–Trinajstić information content (AvgIpc) is 2.80. The van der Waals surface area contributed by atoms with Crippen LogP contribution >= 0.6 is 0 Å². The summed E-state index contributed by atoms with van der Waals surface area (Å²) in [6.07, 6.45) is 0.171. The highest BCUT2D eigenvalue weighted by Gasteiger charge is 2.29. The summed E-state index contributed by atoms with van der Waals surface area (Å²) < 4.78 is 78.0. The van der Waals surface area contributed by atoms with E-state index in [1.807, 2.05) is 4.98 Å². The molecule has 1 aromatic carbocycles. The largest absolute Gasteiger partial charge is 0.444 e. The number of esters is 1. The third-order valence-corrected chi connectivity index (χ3v) is 4.60. The minimum atomic E-state index is -2.47. The van der Waals surface area contributed by atoms with Gasteiger partial charge >= 0.3 is 17.8 Å². The van der Waals surface area contributed by atoms with Crippen LogP contribution < -0.4 is 21.3 Å². The third kappa shape index (κ3) is 7.63. The van der Waals surface area contributed by atoms with Crippen molar-refractivity contribution in [2.45, 2.75) is 39.8 Å². The first kappa shape index (κ1) is 30.0. The fourth-order valence-corrected chi connectivity index (χ4v) is 2.86. The van der Waals surface area contributed by atoms with Crippen LogP contribution in [-0.2, 0) is 20.9 Å². The molecule has 0 fully saturated rings. The van der Waals surface area contributed by atoms with Gasteiger partial charge in [-0.2, -0.15) is 8.78 Å². The number of nitrogens with one attached hydrogen (secondary N) is 2. The van der Waals surface area contributed by atoms with Gasteiger partial charge in [0.2, 0.25) is 40.7 Å². The van der Waals surface area contributed by atoms with Gasteiger partial charge in [-0.1, -0.05) is 0 Å².